The van der Waals surface area contributed by atoms with Crippen molar-refractivity contribution in [2.45, 2.75) is 0 Å². The molecule has 4 nitrogen and oxygen atoms in total. The molecule has 0 unspecified atom stereocenters. The third-order valence-corrected chi connectivity index (χ3v) is 3.34. The lowest BCUT2D eigenvalue weighted by Crippen LogP contribution is -2.12. The van der Waals surface area contributed by atoms with E-state index in [9.17, 15) is 9.59 Å². The molecule has 0 fully saturated rings. The number of halogens is 1. The molecule has 23 heavy (non-hydrogen) atoms. The van der Waals surface area contributed by atoms with Crippen molar-refractivity contribution in [1.82, 2.24) is 0 Å². The second-order valence-electron chi connectivity index (χ2n) is 4.73. The Morgan fingerprint density at radius 2 is 1.91 bits per heavy atom. The maximum Gasteiger partial charge on any atom is 0.239 e. The number of amides is 1. The lowest BCUT2D eigenvalue weighted by molar-refractivity contribution is -0.113. The highest BCUT2D eigenvalue weighted by Crippen LogP contribution is 2.15. The normalized spacial score (nSPS) is 10.5. The molecule has 118 valence electrons. The van der Waals surface area contributed by atoms with Crippen molar-refractivity contribution in [2.24, 2.45) is 0 Å². The van der Waals surface area contributed by atoms with Gasteiger partial charge >= 0.3 is 0 Å². The molecule has 1 amide bonds. The Morgan fingerprint density at radius 1 is 1.17 bits per heavy atom. The topological polar surface area (TPSA) is 55.4 Å². The molecule has 2 rings (SSSR count). The molecule has 0 spiro atoms. The summed E-state index contributed by atoms with van der Waals surface area (Å²) in [5.74, 6) is 0.218. The van der Waals surface area contributed by atoms with Gasteiger partial charge in [-0.15, -0.1) is 11.6 Å². The van der Waals surface area contributed by atoms with E-state index in [0.717, 1.165) is 11.3 Å². The fraction of sp³-hybridized carbons (Fsp3) is 0.111. The summed E-state index contributed by atoms with van der Waals surface area (Å²) in [6.07, 6.45) is 3.23. The third-order valence-electron chi connectivity index (χ3n) is 3.10. The highest BCUT2D eigenvalue weighted by atomic mass is 35.5. The summed E-state index contributed by atoms with van der Waals surface area (Å²) in [6, 6.07) is 14.1. The van der Waals surface area contributed by atoms with Crippen LogP contribution in [0.3, 0.4) is 0 Å². The van der Waals surface area contributed by atoms with E-state index < -0.39 is 0 Å². The number of alkyl halides is 1. The van der Waals surface area contributed by atoms with Crippen molar-refractivity contribution >= 4 is 35.1 Å². The summed E-state index contributed by atoms with van der Waals surface area (Å²) in [5.41, 5.74) is 2.01. The first-order valence-electron chi connectivity index (χ1n) is 6.94. The number of methoxy groups -OCH3 is 1. The van der Waals surface area contributed by atoms with Gasteiger partial charge in [-0.25, -0.2) is 0 Å². The maximum atomic E-state index is 12.1. The SMILES string of the molecule is COc1cccc(/C=C/C(=O)c2ccc(NC(=O)CCl)cc2)c1. The largest absolute Gasteiger partial charge is 0.497 e. The van der Waals surface area contributed by atoms with Gasteiger partial charge in [-0.05, 0) is 48.0 Å². The van der Waals surface area contributed by atoms with Crippen LogP contribution in [0.25, 0.3) is 6.08 Å². The van der Waals surface area contributed by atoms with Gasteiger partial charge in [0.2, 0.25) is 5.91 Å². The summed E-state index contributed by atoms with van der Waals surface area (Å²) in [7, 11) is 1.60. The zero-order valence-electron chi connectivity index (χ0n) is 12.6. The molecular formula is C18H16ClNO3. The first kappa shape index (κ1) is 16.8. The zero-order valence-corrected chi connectivity index (χ0v) is 13.3. The molecule has 0 saturated carbocycles. The third kappa shape index (κ3) is 4.97. The minimum absolute atomic E-state index is 0.107. The number of allylic oxidation sites excluding steroid dienone is 1. The van der Waals surface area contributed by atoms with E-state index in [2.05, 4.69) is 5.32 Å². The Hall–Kier alpha value is -2.59. The Balaban J connectivity index is 2.05. The Kier molecular flexibility index (Phi) is 5.94. The van der Waals surface area contributed by atoms with E-state index in [-0.39, 0.29) is 17.6 Å². The van der Waals surface area contributed by atoms with Gasteiger partial charge in [0.1, 0.15) is 11.6 Å². The Labute approximate surface area is 139 Å². The molecule has 0 aliphatic carbocycles. The minimum atomic E-state index is -0.288. The number of hydrogen-bond acceptors (Lipinski definition) is 3. The fourth-order valence-corrected chi connectivity index (χ4v) is 1.99. The van der Waals surface area contributed by atoms with E-state index in [1.54, 1.807) is 37.5 Å². The van der Waals surface area contributed by atoms with Gasteiger partial charge in [-0.1, -0.05) is 18.2 Å². The number of ketones is 1. The van der Waals surface area contributed by atoms with Crippen LogP contribution in [0.1, 0.15) is 15.9 Å². The molecule has 0 atom stereocenters. The van der Waals surface area contributed by atoms with Crippen LogP contribution in [0, 0.1) is 0 Å². The lowest BCUT2D eigenvalue weighted by Gasteiger charge is -2.03. The summed E-state index contributed by atoms with van der Waals surface area (Å²) in [4.78, 5) is 23.3. The molecule has 2 aromatic rings. The molecule has 0 saturated heterocycles. The van der Waals surface area contributed by atoms with E-state index in [1.807, 2.05) is 24.3 Å². The van der Waals surface area contributed by atoms with Crippen LogP contribution >= 0.6 is 11.6 Å². The standard InChI is InChI=1S/C18H16ClNO3/c1-23-16-4-2-3-13(11-16)5-10-17(21)14-6-8-15(9-7-14)20-18(22)12-19/h2-11H,12H2,1H3,(H,20,22)/b10-5+. The summed E-state index contributed by atoms with van der Waals surface area (Å²) in [5, 5.41) is 2.61. The molecule has 0 bridgehead atoms. The second-order valence-corrected chi connectivity index (χ2v) is 5.00. The van der Waals surface area contributed by atoms with E-state index in [1.165, 1.54) is 6.08 Å². The highest BCUT2D eigenvalue weighted by molar-refractivity contribution is 6.29. The summed E-state index contributed by atoms with van der Waals surface area (Å²) >= 11 is 5.42. The first-order chi connectivity index (χ1) is 11.1. The van der Waals surface area contributed by atoms with Gasteiger partial charge in [-0.3, -0.25) is 9.59 Å². The van der Waals surface area contributed by atoms with Crippen LogP contribution in [0.15, 0.2) is 54.6 Å². The molecule has 1 N–H and O–H groups in total. The predicted octanol–water partition coefficient (Wildman–Crippen LogP) is 3.77. The van der Waals surface area contributed by atoms with Crippen molar-refractivity contribution in [3.05, 3.63) is 65.7 Å². The van der Waals surface area contributed by atoms with Crippen molar-refractivity contribution in [1.29, 1.82) is 0 Å². The molecule has 2 aromatic carbocycles. The van der Waals surface area contributed by atoms with Crippen LogP contribution < -0.4 is 10.1 Å². The number of hydrogen-bond donors (Lipinski definition) is 1. The Morgan fingerprint density at radius 3 is 2.57 bits per heavy atom. The molecule has 0 heterocycles. The molecule has 5 heteroatoms. The quantitative estimate of drug-likeness (QED) is 0.498. The highest BCUT2D eigenvalue weighted by Gasteiger charge is 2.04. The number of rotatable bonds is 6. The molecule has 0 radical (unpaired) electrons. The van der Waals surface area contributed by atoms with Gasteiger partial charge < -0.3 is 10.1 Å². The van der Waals surface area contributed by atoms with Crippen molar-refractivity contribution < 1.29 is 14.3 Å². The van der Waals surface area contributed by atoms with Gasteiger partial charge in [0.25, 0.3) is 0 Å². The molecule has 0 aliphatic heterocycles. The fourth-order valence-electron chi connectivity index (χ4n) is 1.93. The van der Waals surface area contributed by atoms with E-state index in [4.69, 9.17) is 16.3 Å². The number of carbonyl (C=O) groups excluding carboxylic acids is 2. The monoisotopic (exact) mass is 329 g/mol. The van der Waals surface area contributed by atoms with Crippen LogP contribution in [0.2, 0.25) is 0 Å². The number of anilines is 1. The maximum absolute atomic E-state index is 12.1. The number of ether oxygens (including phenoxy) is 1. The molecule has 0 aliphatic rings. The zero-order chi connectivity index (χ0) is 16.7. The van der Waals surface area contributed by atoms with Gasteiger partial charge in [0.15, 0.2) is 5.78 Å². The minimum Gasteiger partial charge on any atom is -0.497 e. The van der Waals surface area contributed by atoms with E-state index in [0.29, 0.717) is 11.3 Å². The van der Waals surface area contributed by atoms with Crippen molar-refractivity contribution in [3.8, 4) is 5.75 Å². The van der Waals surface area contributed by atoms with Gasteiger partial charge in [-0.2, -0.15) is 0 Å². The number of benzene rings is 2. The Bertz CT molecular complexity index is 723. The van der Waals surface area contributed by atoms with Crippen LogP contribution in [-0.4, -0.2) is 24.7 Å². The second kappa shape index (κ2) is 8.15. The molecular weight excluding hydrogens is 314 g/mol. The predicted molar refractivity (Wildman–Crippen MR) is 92.2 cm³/mol. The van der Waals surface area contributed by atoms with Gasteiger partial charge in [0.05, 0.1) is 7.11 Å². The van der Waals surface area contributed by atoms with Crippen LogP contribution in [-0.2, 0) is 4.79 Å². The van der Waals surface area contributed by atoms with E-state index >= 15 is 0 Å². The summed E-state index contributed by atoms with van der Waals surface area (Å²) < 4.78 is 5.14. The van der Waals surface area contributed by atoms with Gasteiger partial charge in [0, 0.05) is 11.3 Å². The number of carbonyl (C=O) groups is 2. The smallest absolute Gasteiger partial charge is 0.239 e. The average Bonchev–Trinajstić information content (AvgIpc) is 2.60. The lowest BCUT2D eigenvalue weighted by atomic mass is 10.1. The van der Waals surface area contributed by atoms with Crippen molar-refractivity contribution in [2.75, 3.05) is 18.3 Å². The average molecular weight is 330 g/mol. The first-order valence-corrected chi connectivity index (χ1v) is 7.48. The summed E-state index contributed by atoms with van der Waals surface area (Å²) in [6.45, 7) is 0. The van der Waals surface area contributed by atoms with Crippen LogP contribution in [0.4, 0.5) is 5.69 Å². The van der Waals surface area contributed by atoms with Crippen molar-refractivity contribution in [3.63, 3.8) is 0 Å². The molecule has 0 aromatic heterocycles. The number of nitrogens with one attached hydrogen (secondary N) is 1. The van der Waals surface area contributed by atoms with Crippen LogP contribution in [0.5, 0.6) is 5.75 Å².